The Kier molecular flexibility index (Phi) is 1.98. The molecule has 0 N–H and O–H groups in total. The average molecular weight is 256 g/mol. The lowest BCUT2D eigenvalue weighted by Gasteiger charge is -1.96. The number of rotatable bonds is 0. The van der Waals surface area contributed by atoms with Crippen molar-refractivity contribution in [1.82, 2.24) is 9.38 Å². The van der Waals surface area contributed by atoms with E-state index in [1.807, 2.05) is 0 Å². The first-order chi connectivity index (χ1) is 6.24. The van der Waals surface area contributed by atoms with E-state index in [1.165, 1.54) is 0 Å². The summed E-state index contributed by atoms with van der Waals surface area (Å²) in [4.78, 5) is 3.92. The van der Waals surface area contributed by atoms with Gasteiger partial charge in [-0.1, -0.05) is 11.6 Å². The molecule has 3 nitrogen and oxygen atoms in total. The van der Waals surface area contributed by atoms with Crippen LogP contribution in [0.2, 0.25) is 5.15 Å². The van der Waals surface area contributed by atoms with Gasteiger partial charge in [0.25, 0.3) is 0 Å². The standard InChI is InChI=1S/C8H3BrClN3/c9-6-3-5(4-11)13-2-1-12-8(10)7(6)13/h1-3H. The largest absolute Gasteiger partial charge is 0.303 e. The molecule has 0 aliphatic carbocycles. The van der Waals surface area contributed by atoms with E-state index in [4.69, 9.17) is 16.9 Å². The monoisotopic (exact) mass is 255 g/mol. The van der Waals surface area contributed by atoms with E-state index in [2.05, 4.69) is 27.0 Å². The van der Waals surface area contributed by atoms with Crippen molar-refractivity contribution in [2.75, 3.05) is 0 Å². The molecule has 2 aromatic heterocycles. The van der Waals surface area contributed by atoms with Crippen molar-refractivity contribution in [3.63, 3.8) is 0 Å². The fraction of sp³-hybridized carbons (Fsp3) is 0. The molecule has 0 radical (unpaired) electrons. The Balaban J connectivity index is 2.98. The lowest BCUT2D eigenvalue weighted by molar-refractivity contribution is 1.11. The Labute approximate surface area is 87.7 Å². The highest BCUT2D eigenvalue weighted by molar-refractivity contribution is 9.10. The molecule has 5 heteroatoms. The number of hydrogen-bond donors (Lipinski definition) is 0. The SMILES string of the molecule is N#Cc1cc(Br)c2c(Cl)nccn12. The number of fused-ring (bicyclic) bond motifs is 1. The van der Waals surface area contributed by atoms with Gasteiger partial charge in [-0.2, -0.15) is 5.26 Å². The Bertz CT molecular complexity index is 512. The molecule has 0 saturated heterocycles. The van der Waals surface area contributed by atoms with Crippen molar-refractivity contribution in [1.29, 1.82) is 5.26 Å². The molecular weight excluding hydrogens is 253 g/mol. The maximum absolute atomic E-state index is 8.78. The smallest absolute Gasteiger partial charge is 0.154 e. The van der Waals surface area contributed by atoms with Gasteiger partial charge in [0.15, 0.2) is 5.15 Å². The van der Waals surface area contributed by atoms with Crippen molar-refractivity contribution >= 4 is 33.0 Å². The number of nitrogens with zero attached hydrogens (tertiary/aromatic N) is 3. The van der Waals surface area contributed by atoms with Crippen LogP contribution in [0.4, 0.5) is 0 Å². The van der Waals surface area contributed by atoms with Crippen molar-refractivity contribution in [2.45, 2.75) is 0 Å². The minimum Gasteiger partial charge on any atom is -0.303 e. The van der Waals surface area contributed by atoms with E-state index in [0.717, 1.165) is 9.99 Å². The van der Waals surface area contributed by atoms with Crippen molar-refractivity contribution in [2.24, 2.45) is 0 Å². The van der Waals surface area contributed by atoms with Gasteiger partial charge in [0.1, 0.15) is 11.8 Å². The van der Waals surface area contributed by atoms with Crippen LogP contribution in [0.5, 0.6) is 0 Å². The highest BCUT2D eigenvalue weighted by Crippen LogP contribution is 2.26. The van der Waals surface area contributed by atoms with Crippen LogP contribution in [-0.4, -0.2) is 9.38 Å². The van der Waals surface area contributed by atoms with Gasteiger partial charge >= 0.3 is 0 Å². The van der Waals surface area contributed by atoms with Crippen LogP contribution in [0.15, 0.2) is 22.9 Å². The summed E-state index contributed by atoms with van der Waals surface area (Å²) in [6.45, 7) is 0. The number of hydrogen-bond acceptors (Lipinski definition) is 2. The highest BCUT2D eigenvalue weighted by atomic mass is 79.9. The molecule has 0 aliphatic heterocycles. The molecular formula is C8H3BrClN3. The fourth-order valence-corrected chi connectivity index (χ4v) is 2.12. The molecule has 64 valence electrons. The zero-order valence-electron chi connectivity index (χ0n) is 6.33. The van der Waals surface area contributed by atoms with Gasteiger partial charge in [0.05, 0.1) is 5.52 Å². The van der Waals surface area contributed by atoms with Crippen molar-refractivity contribution in [3.05, 3.63) is 33.8 Å². The Hall–Kier alpha value is -1.05. The third-order valence-corrected chi connectivity index (χ3v) is 2.58. The predicted molar refractivity (Wildman–Crippen MR) is 52.6 cm³/mol. The van der Waals surface area contributed by atoms with E-state index in [1.54, 1.807) is 22.9 Å². The molecule has 0 unspecified atom stereocenters. The third kappa shape index (κ3) is 1.21. The Morgan fingerprint density at radius 1 is 1.62 bits per heavy atom. The number of aromatic nitrogens is 2. The summed E-state index contributed by atoms with van der Waals surface area (Å²) < 4.78 is 2.47. The Morgan fingerprint density at radius 3 is 3.08 bits per heavy atom. The number of halogens is 2. The molecule has 0 bridgehead atoms. The van der Waals surface area contributed by atoms with E-state index in [-0.39, 0.29) is 0 Å². The predicted octanol–water partition coefficient (Wildman–Crippen LogP) is 2.62. The third-order valence-electron chi connectivity index (χ3n) is 1.70. The normalized spacial score (nSPS) is 10.2. The molecule has 0 fully saturated rings. The molecule has 2 heterocycles. The number of nitriles is 1. The molecule has 0 aromatic carbocycles. The maximum atomic E-state index is 8.78. The van der Waals surface area contributed by atoms with Crippen LogP contribution in [0.25, 0.3) is 5.52 Å². The highest BCUT2D eigenvalue weighted by Gasteiger charge is 2.09. The van der Waals surface area contributed by atoms with Crippen LogP contribution in [0.3, 0.4) is 0 Å². The summed E-state index contributed by atoms with van der Waals surface area (Å²) in [5.41, 5.74) is 1.26. The van der Waals surface area contributed by atoms with Gasteiger partial charge < -0.3 is 4.40 Å². The quantitative estimate of drug-likeness (QED) is 0.727. The van der Waals surface area contributed by atoms with Crippen molar-refractivity contribution in [3.8, 4) is 6.07 Å². The molecule has 2 aromatic rings. The average Bonchev–Trinajstić information content (AvgIpc) is 2.44. The van der Waals surface area contributed by atoms with E-state index in [9.17, 15) is 0 Å². The van der Waals surface area contributed by atoms with Crippen LogP contribution in [0, 0.1) is 11.3 Å². The molecule has 0 aliphatic rings. The topological polar surface area (TPSA) is 41.1 Å². The molecule has 2 rings (SSSR count). The summed E-state index contributed by atoms with van der Waals surface area (Å²) >= 11 is 9.17. The summed E-state index contributed by atoms with van der Waals surface area (Å²) in [6.07, 6.45) is 3.26. The second-order valence-corrected chi connectivity index (χ2v) is 3.64. The lowest BCUT2D eigenvalue weighted by atomic mass is 10.5. The first-order valence-corrected chi connectivity index (χ1v) is 4.62. The van der Waals surface area contributed by atoms with E-state index < -0.39 is 0 Å². The van der Waals surface area contributed by atoms with Gasteiger partial charge in [-0.25, -0.2) is 4.98 Å². The summed E-state index contributed by atoms with van der Waals surface area (Å²) in [7, 11) is 0. The molecule has 13 heavy (non-hydrogen) atoms. The van der Waals surface area contributed by atoms with Gasteiger partial charge in [-0.15, -0.1) is 0 Å². The maximum Gasteiger partial charge on any atom is 0.154 e. The molecule has 0 atom stereocenters. The van der Waals surface area contributed by atoms with E-state index in [0.29, 0.717) is 10.8 Å². The first kappa shape index (κ1) is 8.54. The van der Waals surface area contributed by atoms with E-state index >= 15 is 0 Å². The first-order valence-electron chi connectivity index (χ1n) is 3.45. The fourth-order valence-electron chi connectivity index (χ4n) is 1.16. The van der Waals surface area contributed by atoms with Crippen LogP contribution < -0.4 is 0 Å². The van der Waals surface area contributed by atoms with Crippen LogP contribution >= 0.6 is 27.5 Å². The van der Waals surface area contributed by atoms with Gasteiger partial charge in [0.2, 0.25) is 0 Å². The van der Waals surface area contributed by atoms with Gasteiger partial charge in [0, 0.05) is 16.9 Å². The van der Waals surface area contributed by atoms with Crippen molar-refractivity contribution < 1.29 is 0 Å². The van der Waals surface area contributed by atoms with Gasteiger partial charge in [-0.05, 0) is 22.0 Å². The lowest BCUT2D eigenvalue weighted by Crippen LogP contribution is -1.88. The summed E-state index contributed by atoms with van der Waals surface area (Å²) in [6, 6.07) is 3.78. The van der Waals surface area contributed by atoms with Crippen LogP contribution in [0.1, 0.15) is 5.69 Å². The Morgan fingerprint density at radius 2 is 2.38 bits per heavy atom. The van der Waals surface area contributed by atoms with Crippen LogP contribution in [-0.2, 0) is 0 Å². The second-order valence-electron chi connectivity index (χ2n) is 2.43. The molecule has 0 amide bonds. The zero-order chi connectivity index (χ0) is 9.42. The molecule has 0 saturated carbocycles. The minimum absolute atomic E-state index is 0.385. The second kappa shape index (κ2) is 3.02. The minimum atomic E-state index is 0.385. The summed E-state index contributed by atoms with van der Waals surface area (Å²) in [5.74, 6) is 0. The van der Waals surface area contributed by atoms with Gasteiger partial charge in [-0.3, -0.25) is 0 Å². The zero-order valence-corrected chi connectivity index (χ0v) is 8.67. The molecule has 0 spiro atoms. The summed E-state index contributed by atoms with van der Waals surface area (Å²) in [5, 5.41) is 9.17.